The molecule has 0 N–H and O–H groups in total. The van der Waals surface area contributed by atoms with Crippen molar-refractivity contribution in [2.24, 2.45) is 9.98 Å². The molecular weight excluding hydrogens is 200 g/mol. The molecule has 0 amide bonds. The van der Waals surface area contributed by atoms with Crippen LogP contribution in [-0.2, 0) is 4.79 Å². The van der Waals surface area contributed by atoms with Crippen LogP contribution in [-0.4, -0.2) is 11.9 Å². The Labute approximate surface area is 95.2 Å². The first kappa shape index (κ1) is 12.1. The van der Waals surface area contributed by atoms with Crippen LogP contribution in [0.2, 0.25) is 0 Å². The van der Waals surface area contributed by atoms with Gasteiger partial charge in [-0.15, -0.1) is 0 Å². The van der Waals surface area contributed by atoms with E-state index in [1.165, 1.54) is 0 Å². The van der Waals surface area contributed by atoms with Crippen LogP contribution in [0.15, 0.2) is 16.6 Å². The first-order chi connectivity index (χ1) is 7.54. The van der Waals surface area contributed by atoms with Gasteiger partial charge in [-0.25, -0.2) is 9.79 Å². The van der Waals surface area contributed by atoms with Gasteiger partial charge in [-0.3, -0.25) is 0 Å². The SMILES string of the molecule is C=C=Nc1c(C)c(C)c(N=C=O)c(C)c1C. The van der Waals surface area contributed by atoms with E-state index in [0.717, 1.165) is 27.9 Å². The highest BCUT2D eigenvalue weighted by molar-refractivity contribution is 5.73. The third kappa shape index (κ3) is 1.87. The van der Waals surface area contributed by atoms with Crippen LogP contribution >= 0.6 is 0 Å². The number of hydrogen-bond donors (Lipinski definition) is 0. The van der Waals surface area contributed by atoms with Crippen LogP contribution < -0.4 is 0 Å². The molecule has 0 saturated heterocycles. The van der Waals surface area contributed by atoms with Gasteiger partial charge in [0.25, 0.3) is 0 Å². The Bertz CT molecular complexity index is 453. The maximum absolute atomic E-state index is 10.4. The van der Waals surface area contributed by atoms with Crippen LogP contribution in [0.5, 0.6) is 0 Å². The van der Waals surface area contributed by atoms with Gasteiger partial charge < -0.3 is 0 Å². The molecule has 1 aromatic rings. The molecule has 0 aliphatic heterocycles. The van der Waals surface area contributed by atoms with Crippen molar-refractivity contribution in [3.8, 4) is 0 Å². The van der Waals surface area contributed by atoms with Gasteiger partial charge in [0.2, 0.25) is 6.08 Å². The third-order valence-electron chi connectivity index (χ3n) is 2.89. The average Bonchev–Trinajstić information content (AvgIpc) is 2.28. The Morgan fingerprint density at radius 1 is 0.875 bits per heavy atom. The summed E-state index contributed by atoms with van der Waals surface area (Å²) in [6.07, 6.45) is 1.59. The van der Waals surface area contributed by atoms with E-state index in [9.17, 15) is 4.79 Å². The highest BCUT2D eigenvalue weighted by Crippen LogP contribution is 2.36. The highest BCUT2D eigenvalue weighted by atomic mass is 16.1. The van der Waals surface area contributed by atoms with Crippen molar-refractivity contribution >= 4 is 23.3 Å². The van der Waals surface area contributed by atoms with Gasteiger partial charge >= 0.3 is 0 Å². The minimum absolute atomic E-state index is 0.688. The van der Waals surface area contributed by atoms with Crippen molar-refractivity contribution in [2.75, 3.05) is 0 Å². The van der Waals surface area contributed by atoms with Gasteiger partial charge in [0.05, 0.1) is 11.4 Å². The number of benzene rings is 1. The molecule has 0 heterocycles. The van der Waals surface area contributed by atoms with Crippen molar-refractivity contribution in [3.63, 3.8) is 0 Å². The maximum Gasteiger partial charge on any atom is 0.240 e. The van der Waals surface area contributed by atoms with Gasteiger partial charge in [-0.2, -0.15) is 4.99 Å². The third-order valence-corrected chi connectivity index (χ3v) is 2.89. The molecule has 1 rings (SSSR count). The zero-order valence-electron chi connectivity index (χ0n) is 10.0. The monoisotopic (exact) mass is 214 g/mol. The zero-order valence-corrected chi connectivity index (χ0v) is 10.0. The van der Waals surface area contributed by atoms with E-state index in [0.29, 0.717) is 5.69 Å². The molecule has 0 aliphatic rings. The number of aliphatic imine (C=N–C) groups is 2. The summed E-state index contributed by atoms with van der Waals surface area (Å²) >= 11 is 0. The fraction of sp³-hybridized carbons (Fsp3) is 0.308. The summed E-state index contributed by atoms with van der Waals surface area (Å²) in [7, 11) is 0. The predicted molar refractivity (Wildman–Crippen MR) is 65.9 cm³/mol. The smallest absolute Gasteiger partial charge is 0.211 e. The molecule has 0 fully saturated rings. The van der Waals surface area contributed by atoms with E-state index in [2.05, 4.69) is 22.4 Å². The number of rotatable bonds is 2. The lowest BCUT2D eigenvalue weighted by Gasteiger charge is -2.13. The molecule has 0 aromatic heterocycles. The fourth-order valence-electron chi connectivity index (χ4n) is 1.73. The Morgan fingerprint density at radius 3 is 1.56 bits per heavy atom. The predicted octanol–water partition coefficient (Wildman–Crippen LogP) is 3.37. The van der Waals surface area contributed by atoms with Gasteiger partial charge in [-0.05, 0) is 62.4 Å². The second-order valence-electron chi connectivity index (χ2n) is 3.67. The Hall–Kier alpha value is -1.95. The van der Waals surface area contributed by atoms with Crippen molar-refractivity contribution in [2.45, 2.75) is 27.7 Å². The fourth-order valence-corrected chi connectivity index (χ4v) is 1.73. The number of hydrogen-bond acceptors (Lipinski definition) is 3. The van der Waals surface area contributed by atoms with Crippen LogP contribution in [0.3, 0.4) is 0 Å². The molecule has 1 aromatic carbocycles. The van der Waals surface area contributed by atoms with E-state index < -0.39 is 0 Å². The van der Waals surface area contributed by atoms with Gasteiger partial charge in [0.1, 0.15) is 0 Å². The first-order valence-corrected chi connectivity index (χ1v) is 4.95. The molecule has 3 heteroatoms. The van der Waals surface area contributed by atoms with Gasteiger partial charge in [0, 0.05) is 0 Å². The molecular formula is C13H14N2O. The summed E-state index contributed by atoms with van der Waals surface area (Å²) in [5.41, 5.74) is 5.42. The van der Waals surface area contributed by atoms with E-state index >= 15 is 0 Å². The number of nitrogens with zero attached hydrogens (tertiary/aromatic N) is 2. The van der Waals surface area contributed by atoms with E-state index in [4.69, 9.17) is 0 Å². The normalized spacial score (nSPS) is 9.25. The second kappa shape index (κ2) is 4.71. The highest BCUT2D eigenvalue weighted by Gasteiger charge is 2.13. The molecule has 0 radical (unpaired) electrons. The van der Waals surface area contributed by atoms with Gasteiger partial charge in [0.15, 0.2) is 0 Å². The topological polar surface area (TPSA) is 41.8 Å². The van der Waals surface area contributed by atoms with Crippen molar-refractivity contribution in [3.05, 3.63) is 28.8 Å². The molecule has 0 saturated carbocycles. The molecule has 82 valence electrons. The van der Waals surface area contributed by atoms with Crippen LogP contribution in [0.1, 0.15) is 22.3 Å². The Morgan fingerprint density at radius 2 is 1.25 bits per heavy atom. The molecule has 0 aliphatic carbocycles. The van der Waals surface area contributed by atoms with Crippen molar-refractivity contribution < 1.29 is 4.79 Å². The van der Waals surface area contributed by atoms with Crippen molar-refractivity contribution in [1.82, 2.24) is 0 Å². The Balaban J connectivity index is 3.75. The van der Waals surface area contributed by atoms with Gasteiger partial charge in [-0.1, -0.05) is 0 Å². The first-order valence-electron chi connectivity index (χ1n) is 4.95. The number of carbonyl (C=O) groups excluding carboxylic acids is 1. The van der Waals surface area contributed by atoms with E-state index in [1.54, 1.807) is 6.08 Å². The number of isocyanates is 1. The minimum atomic E-state index is 0.688. The lowest BCUT2D eigenvalue weighted by atomic mass is 9.96. The lowest BCUT2D eigenvalue weighted by molar-refractivity contribution is 0.565. The van der Waals surface area contributed by atoms with E-state index in [-0.39, 0.29) is 0 Å². The summed E-state index contributed by atoms with van der Waals surface area (Å²) in [5.74, 6) is 2.54. The summed E-state index contributed by atoms with van der Waals surface area (Å²) in [6, 6.07) is 0. The molecule has 0 atom stereocenters. The molecule has 0 unspecified atom stereocenters. The van der Waals surface area contributed by atoms with Crippen LogP contribution in [0.4, 0.5) is 11.4 Å². The van der Waals surface area contributed by atoms with Crippen LogP contribution in [0, 0.1) is 27.7 Å². The summed E-state index contributed by atoms with van der Waals surface area (Å²) in [6.45, 7) is 11.2. The second-order valence-corrected chi connectivity index (χ2v) is 3.67. The largest absolute Gasteiger partial charge is 0.240 e. The standard InChI is InChI=1S/C13H14N2O/c1-6-14-12-8(2)10(4)13(15-7-16)11(5)9(12)3/h1H2,2-5H3. The summed E-state index contributed by atoms with van der Waals surface area (Å²) in [4.78, 5) is 18.2. The van der Waals surface area contributed by atoms with Crippen molar-refractivity contribution in [1.29, 1.82) is 0 Å². The maximum atomic E-state index is 10.4. The summed E-state index contributed by atoms with van der Waals surface area (Å²) in [5, 5.41) is 0. The molecule has 0 spiro atoms. The minimum Gasteiger partial charge on any atom is -0.211 e. The lowest BCUT2D eigenvalue weighted by Crippen LogP contribution is -1.92. The zero-order chi connectivity index (χ0) is 12.3. The molecule has 16 heavy (non-hydrogen) atoms. The molecule has 3 nitrogen and oxygen atoms in total. The quantitative estimate of drug-likeness (QED) is 0.549. The van der Waals surface area contributed by atoms with Crippen LogP contribution in [0.25, 0.3) is 0 Å². The molecule has 0 bridgehead atoms. The average molecular weight is 214 g/mol. The van der Waals surface area contributed by atoms with E-state index in [1.807, 2.05) is 27.7 Å². The Kier molecular flexibility index (Phi) is 3.57. The summed E-state index contributed by atoms with van der Waals surface area (Å²) < 4.78 is 0.